The molecule has 0 spiro atoms. The topological polar surface area (TPSA) is 34.1 Å². The van der Waals surface area contributed by atoms with Crippen LogP contribution in [-0.4, -0.2) is 11.6 Å². The molecule has 0 aliphatic carbocycles. The number of carbonyl (C=O) groups excluding carboxylic acids is 2. The summed E-state index contributed by atoms with van der Waals surface area (Å²) in [7, 11) is 0. The number of hydrogen-bond donors (Lipinski definition) is 0. The lowest BCUT2D eigenvalue weighted by Gasteiger charge is -2.13. The first-order valence-electron chi connectivity index (χ1n) is 16.9. The highest BCUT2D eigenvalue weighted by molar-refractivity contribution is 6.49. The molecule has 0 radical (unpaired) electrons. The standard InChI is InChI=1S/C38H58O2/c1-5-9-13-17-21-31-25-27-35(29-33(31)23-19-15-11-7-3)37(39)38(40)36-28-26-32(22-18-14-10-6-2)34(30-36)24-20-16-12-8-4/h25-30H,5-24H2,1-4H3. The van der Waals surface area contributed by atoms with E-state index in [0.29, 0.717) is 11.1 Å². The zero-order valence-electron chi connectivity index (χ0n) is 26.4. The highest BCUT2D eigenvalue weighted by Crippen LogP contribution is 2.23. The first kappa shape index (κ1) is 34.0. The molecule has 2 heteroatoms. The molecule has 40 heavy (non-hydrogen) atoms. The van der Waals surface area contributed by atoms with E-state index in [1.54, 1.807) is 0 Å². The molecule has 0 aliphatic heterocycles. The maximum Gasteiger partial charge on any atom is 0.233 e. The van der Waals surface area contributed by atoms with Gasteiger partial charge in [0.05, 0.1) is 0 Å². The number of Topliss-reactive ketones (excluding diaryl/α,β-unsaturated/α-hetero) is 2. The molecular weight excluding hydrogens is 488 g/mol. The van der Waals surface area contributed by atoms with Crippen molar-refractivity contribution < 1.29 is 9.59 Å². The molecule has 0 aromatic heterocycles. The van der Waals surface area contributed by atoms with Crippen LogP contribution in [0.4, 0.5) is 0 Å². The number of rotatable bonds is 23. The summed E-state index contributed by atoms with van der Waals surface area (Å²) in [5, 5.41) is 0. The van der Waals surface area contributed by atoms with E-state index in [1.807, 2.05) is 24.3 Å². The average molecular weight is 547 g/mol. The van der Waals surface area contributed by atoms with Gasteiger partial charge in [-0.1, -0.05) is 129 Å². The van der Waals surface area contributed by atoms with Crippen LogP contribution < -0.4 is 0 Å². The maximum atomic E-state index is 13.5. The molecule has 0 heterocycles. The van der Waals surface area contributed by atoms with Crippen LogP contribution in [0.25, 0.3) is 0 Å². The molecule has 0 saturated carbocycles. The Bertz CT molecular complexity index is 921. The Balaban J connectivity index is 2.22. The fraction of sp³-hybridized carbons (Fsp3) is 0.632. The van der Waals surface area contributed by atoms with Gasteiger partial charge in [0.2, 0.25) is 11.6 Å². The monoisotopic (exact) mass is 546 g/mol. The Morgan fingerprint density at radius 1 is 0.400 bits per heavy atom. The van der Waals surface area contributed by atoms with Crippen molar-refractivity contribution in [1.29, 1.82) is 0 Å². The predicted octanol–water partition coefficient (Wildman–Crippen LogP) is 11.2. The third-order valence-corrected chi connectivity index (χ3v) is 8.34. The van der Waals surface area contributed by atoms with Crippen molar-refractivity contribution in [3.63, 3.8) is 0 Å². The molecule has 2 aromatic rings. The van der Waals surface area contributed by atoms with Gasteiger partial charge in [-0.3, -0.25) is 9.59 Å². The van der Waals surface area contributed by atoms with Crippen molar-refractivity contribution in [2.45, 2.75) is 156 Å². The fourth-order valence-corrected chi connectivity index (χ4v) is 5.72. The number of aryl methyl sites for hydroxylation is 4. The molecule has 0 aliphatic rings. The van der Waals surface area contributed by atoms with Gasteiger partial charge in [0, 0.05) is 11.1 Å². The van der Waals surface area contributed by atoms with E-state index in [-0.39, 0.29) is 11.6 Å². The smallest absolute Gasteiger partial charge is 0.233 e. The molecule has 2 aromatic carbocycles. The molecule has 0 amide bonds. The molecule has 0 atom stereocenters. The number of ketones is 2. The van der Waals surface area contributed by atoms with Crippen molar-refractivity contribution in [1.82, 2.24) is 0 Å². The summed E-state index contributed by atoms with van der Waals surface area (Å²) in [6, 6.07) is 12.1. The van der Waals surface area contributed by atoms with Gasteiger partial charge >= 0.3 is 0 Å². The van der Waals surface area contributed by atoms with E-state index >= 15 is 0 Å². The van der Waals surface area contributed by atoms with Gasteiger partial charge in [-0.05, 0) is 85.8 Å². The van der Waals surface area contributed by atoms with Gasteiger partial charge in [0.25, 0.3) is 0 Å². The molecule has 2 rings (SSSR count). The lowest BCUT2D eigenvalue weighted by molar-refractivity contribution is 0.0817. The van der Waals surface area contributed by atoms with Crippen molar-refractivity contribution in [2.75, 3.05) is 0 Å². The van der Waals surface area contributed by atoms with Crippen molar-refractivity contribution in [2.24, 2.45) is 0 Å². The maximum absolute atomic E-state index is 13.5. The van der Waals surface area contributed by atoms with Crippen LogP contribution in [0, 0.1) is 0 Å². The second-order valence-corrected chi connectivity index (χ2v) is 11.9. The lowest BCUT2D eigenvalue weighted by atomic mass is 9.90. The third-order valence-electron chi connectivity index (χ3n) is 8.34. The van der Waals surface area contributed by atoms with Crippen molar-refractivity contribution in [3.05, 3.63) is 69.8 Å². The second-order valence-electron chi connectivity index (χ2n) is 11.9. The van der Waals surface area contributed by atoms with Crippen LogP contribution >= 0.6 is 0 Å². The molecule has 0 bridgehead atoms. The van der Waals surface area contributed by atoms with Gasteiger partial charge in [-0.15, -0.1) is 0 Å². The first-order chi connectivity index (χ1) is 19.5. The number of benzene rings is 2. The summed E-state index contributed by atoms with van der Waals surface area (Å²) in [6.45, 7) is 8.96. The Hall–Kier alpha value is -2.22. The Labute approximate surface area is 246 Å². The lowest BCUT2D eigenvalue weighted by Crippen LogP contribution is -2.16. The molecule has 2 nitrogen and oxygen atoms in total. The zero-order chi connectivity index (χ0) is 29.0. The summed E-state index contributed by atoms with van der Waals surface area (Å²) >= 11 is 0. The van der Waals surface area contributed by atoms with Gasteiger partial charge in [-0.25, -0.2) is 0 Å². The van der Waals surface area contributed by atoms with Gasteiger partial charge in [-0.2, -0.15) is 0 Å². The largest absolute Gasteiger partial charge is 0.285 e. The summed E-state index contributed by atoms with van der Waals surface area (Å²) in [6.07, 6.45) is 23.7. The number of carbonyl (C=O) groups is 2. The summed E-state index contributed by atoms with van der Waals surface area (Å²) in [5.41, 5.74) is 6.37. The average Bonchev–Trinajstić information content (AvgIpc) is 2.98. The minimum Gasteiger partial charge on any atom is -0.285 e. The minimum absolute atomic E-state index is 0.361. The Morgan fingerprint density at radius 2 is 0.700 bits per heavy atom. The highest BCUT2D eigenvalue weighted by Gasteiger charge is 2.21. The Kier molecular flexibility index (Phi) is 17.5. The molecule has 222 valence electrons. The van der Waals surface area contributed by atoms with E-state index in [1.165, 1.54) is 112 Å². The first-order valence-corrected chi connectivity index (χ1v) is 16.9. The van der Waals surface area contributed by atoms with E-state index in [2.05, 4.69) is 39.8 Å². The van der Waals surface area contributed by atoms with Gasteiger partial charge < -0.3 is 0 Å². The number of unbranched alkanes of at least 4 members (excludes halogenated alkanes) is 12. The van der Waals surface area contributed by atoms with Gasteiger partial charge in [0.1, 0.15) is 0 Å². The predicted molar refractivity (Wildman–Crippen MR) is 173 cm³/mol. The fourth-order valence-electron chi connectivity index (χ4n) is 5.72. The molecule has 0 unspecified atom stereocenters. The van der Waals surface area contributed by atoms with Crippen molar-refractivity contribution in [3.8, 4) is 0 Å². The van der Waals surface area contributed by atoms with Crippen LogP contribution in [0.3, 0.4) is 0 Å². The highest BCUT2D eigenvalue weighted by atomic mass is 16.2. The third kappa shape index (κ3) is 12.1. The molecule has 0 N–H and O–H groups in total. The van der Waals surface area contributed by atoms with Crippen LogP contribution in [0.2, 0.25) is 0 Å². The summed E-state index contributed by atoms with van der Waals surface area (Å²) in [5.74, 6) is -0.722. The quantitative estimate of drug-likeness (QED) is 0.0789. The summed E-state index contributed by atoms with van der Waals surface area (Å²) < 4.78 is 0. The van der Waals surface area contributed by atoms with Crippen LogP contribution in [0.5, 0.6) is 0 Å². The molecule has 0 saturated heterocycles. The van der Waals surface area contributed by atoms with E-state index < -0.39 is 0 Å². The summed E-state index contributed by atoms with van der Waals surface area (Å²) in [4.78, 5) is 26.9. The van der Waals surface area contributed by atoms with Crippen LogP contribution in [-0.2, 0) is 25.7 Å². The molecule has 0 fully saturated rings. The zero-order valence-corrected chi connectivity index (χ0v) is 26.4. The van der Waals surface area contributed by atoms with Crippen LogP contribution in [0.1, 0.15) is 173 Å². The number of hydrogen-bond acceptors (Lipinski definition) is 2. The minimum atomic E-state index is -0.361. The second kappa shape index (κ2) is 20.6. The normalized spacial score (nSPS) is 11.2. The van der Waals surface area contributed by atoms with E-state index in [0.717, 1.165) is 38.5 Å². The van der Waals surface area contributed by atoms with E-state index in [9.17, 15) is 9.59 Å². The Morgan fingerprint density at radius 3 is 1.00 bits per heavy atom. The van der Waals surface area contributed by atoms with Crippen molar-refractivity contribution >= 4 is 11.6 Å². The van der Waals surface area contributed by atoms with Gasteiger partial charge in [0.15, 0.2) is 0 Å². The van der Waals surface area contributed by atoms with E-state index in [4.69, 9.17) is 0 Å². The SMILES string of the molecule is CCCCCCc1ccc(C(=O)C(=O)c2ccc(CCCCCC)c(CCCCCC)c2)cc1CCCCCC. The molecular formula is C38H58O2. The van der Waals surface area contributed by atoms with Crippen LogP contribution in [0.15, 0.2) is 36.4 Å².